The van der Waals surface area contributed by atoms with Crippen LogP contribution in [0, 0.1) is 0 Å². The summed E-state index contributed by atoms with van der Waals surface area (Å²) in [6.07, 6.45) is -1.83. The number of aromatic nitrogens is 2. The zero-order valence-corrected chi connectivity index (χ0v) is 8.13. The van der Waals surface area contributed by atoms with Gasteiger partial charge in [0.15, 0.2) is 0 Å². The van der Waals surface area contributed by atoms with E-state index in [-0.39, 0.29) is 23.0 Å². The molecule has 1 aliphatic rings. The highest BCUT2D eigenvalue weighted by molar-refractivity contribution is 6.30. The molecule has 1 atom stereocenters. The predicted octanol–water partition coefficient (Wildman–Crippen LogP) is 1.82. The number of anilines is 1. The smallest absolute Gasteiger partial charge is 0.246 e. The Bertz CT molecular complexity index is 413. The van der Waals surface area contributed by atoms with Gasteiger partial charge < -0.3 is 5.32 Å². The number of alkyl halides is 2. The molecule has 0 saturated heterocycles. The summed E-state index contributed by atoms with van der Waals surface area (Å²) in [6.45, 7) is 0. The van der Waals surface area contributed by atoms with Crippen LogP contribution in [-0.2, 0) is 4.79 Å². The average molecular weight is 234 g/mol. The van der Waals surface area contributed by atoms with E-state index < -0.39 is 18.3 Å². The van der Waals surface area contributed by atoms with Gasteiger partial charge in [-0.1, -0.05) is 11.6 Å². The van der Waals surface area contributed by atoms with Crippen molar-refractivity contribution in [2.45, 2.75) is 18.8 Å². The summed E-state index contributed by atoms with van der Waals surface area (Å²) in [4.78, 5) is 18.4. The summed E-state index contributed by atoms with van der Waals surface area (Å²) >= 11 is 5.69. The van der Waals surface area contributed by atoms with Crippen LogP contribution >= 0.6 is 11.6 Å². The molecular weight excluding hydrogens is 228 g/mol. The quantitative estimate of drug-likeness (QED) is 0.753. The first-order valence-corrected chi connectivity index (χ1v) is 4.55. The number of hydrogen-bond donors (Lipinski definition) is 1. The van der Waals surface area contributed by atoms with Gasteiger partial charge in [0.2, 0.25) is 12.3 Å². The fourth-order valence-electron chi connectivity index (χ4n) is 1.50. The number of nitrogens with zero attached hydrogens (tertiary/aromatic N) is 2. The molecule has 1 aliphatic heterocycles. The van der Waals surface area contributed by atoms with Crippen LogP contribution in [0.3, 0.4) is 0 Å². The molecule has 2 rings (SSSR count). The van der Waals surface area contributed by atoms with Crippen molar-refractivity contribution in [1.82, 2.24) is 9.97 Å². The van der Waals surface area contributed by atoms with E-state index in [1.54, 1.807) is 0 Å². The SMILES string of the molecule is O=C1C[C@@H](C(F)F)c2c(Cl)ncnc2N1. The Balaban J connectivity index is 2.52. The van der Waals surface area contributed by atoms with Crippen LogP contribution in [0.25, 0.3) is 0 Å². The Morgan fingerprint density at radius 2 is 2.27 bits per heavy atom. The van der Waals surface area contributed by atoms with Crippen molar-refractivity contribution in [3.05, 3.63) is 17.0 Å². The minimum absolute atomic E-state index is 0.0368. The molecule has 0 fully saturated rings. The number of fused-ring (bicyclic) bond motifs is 1. The van der Waals surface area contributed by atoms with Crippen molar-refractivity contribution < 1.29 is 13.6 Å². The summed E-state index contributed by atoms with van der Waals surface area (Å²) in [5, 5.41) is 2.34. The molecular formula is C8H6ClF2N3O. The number of hydrogen-bond acceptors (Lipinski definition) is 3. The molecule has 0 saturated carbocycles. The lowest BCUT2D eigenvalue weighted by molar-refractivity contribution is -0.117. The highest BCUT2D eigenvalue weighted by Crippen LogP contribution is 2.38. The minimum Gasteiger partial charge on any atom is -0.310 e. The highest BCUT2D eigenvalue weighted by Gasteiger charge is 2.34. The van der Waals surface area contributed by atoms with Crippen molar-refractivity contribution in [3.8, 4) is 0 Å². The number of rotatable bonds is 1. The monoisotopic (exact) mass is 233 g/mol. The number of carbonyl (C=O) groups is 1. The first-order valence-electron chi connectivity index (χ1n) is 4.18. The van der Waals surface area contributed by atoms with Gasteiger partial charge in [-0.2, -0.15) is 0 Å². The fraction of sp³-hybridized carbons (Fsp3) is 0.375. The largest absolute Gasteiger partial charge is 0.310 e. The van der Waals surface area contributed by atoms with E-state index in [9.17, 15) is 13.6 Å². The van der Waals surface area contributed by atoms with Crippen molar-refractivity contribution >= 4 is 23.3 Å². The Hall–Kier alpha value is -1.30. The van der Waals surface area contributed by atoms with Gasteiger partial charge in [-0.15, -0.1) is 0 Å². The van der Waals surface area contributed by atoms with Crippen molar-refractivity contribution in [2.24, 2.45) is 0 Å². The van der Waals surface area contributed by atoms with E-state index in [0.717, 1.165) is 6.33 Å². The number of amides is 1. The van der Waals surface area contributed by atoms with Crippen molar-refractivity contribution in [3.63, 3.8) is 0 Å². The number of carbonyl (C=O) groups excluding carboxylic acids is 1. The van der Waals surface area contributed by atoms with Crippen LogP contribution in [0.2, 0.25) is 5.15 Å². The van der Waals surface area contributed by atoms with E-state index in [0.29, 0.717) is 0 Å². The van der Waals surface area contributed by atoms with Crippen molar-refractivity contribution in [1.29, 1.82) is 0 Å². The molecule has 1 N–H and O–H groups in total. The normalized spacial score (nSPS) is 20.0. The Morgan fingerprint density at radius 1 is 1.53 bits per heavy atom. The molecule has 0 bridgehead atoms. The van der Waals surface area contributed by atoms with Gasteiger partial charge in [-0.25, -0.2) is 18.7 Å². The summed E-state index contributed by atoms with van der Waals surface area (Å²) in [5.41, 5.74) is 0.119. The van der Waals surface area contributed by atoms with Gasteiger partial charge in [0.25, 0.3) is 0 Å². The number of nitrogens with one attached hydrogen (secondary N) is 1. The molecule has 1 aromatic rings. The van der Waals surface area contributed by atoms with Crippen LogP contribution in [0.4, 0.5) is 14.6 Å². The van der Waals surface area contributed by atoms with Crippen LogP contribution in [0.5, 0.6) is 0 Å². The third-order valence-corrected chi connectivity index (χ3v) is 2.47. The summed E-state index contributed by atoms with van der Waals surface area (Å²) in [7, 11) is 0. The maximum absolute atomic E-state index is 12.7. The zero-order chi connectivity index (χ0) is 11.0. The van der Waals surface area contributed by atoms with E-state index in [4.69, 9.17) is 11.6 Å². The maximum atomic E-state index is 12.7. The van der Waals surface area contributed by atoms with Gasteiger partial charge in [-0.3, -0.25) is 4.79 Å². The summed E-state index contributed by atoms with van der Waals surface area (Å²) in [5.74, 6) is -1.62. The molecule has 80 valence electrons. The molecule has 1 aromatic heterocycles. The molecule has 15 heavy (non-hydrogen) atoms. The van der Waals surface area contributed by atoms with Crippen LogP contribution < -0.4 is 5.32 Å². The van der Waals surface area contributed by atoms with Gasteiger partial charge >= 0.3 is 0 Å². The summed E-state index contributed by atoms with van der Waals surface area (Å²) < 4.78 is 25.3. The summed E-state index contributed by atoms with van der Waals surface area (Å²) in [6, 6.07) is 0. The molecule has 0 spiro atoms. The molecule has 0 aromatic carbocycles. The van der Waals surface area contributed by atoms with Crippen LogP contribution in [0.1, 0.15) is 17.9 Å². The lowest BCUT2D eigenvalue weighted by Crippen LogP contribution is -2.27. The second-order valence-electron chi connectivity index (χ2n) is 3.12. The lowest BCUT2D eigenvalue weighted by Gasteiger charge is -2.23. The second kappa shape index (κ2) is 3.69. The molecule has 2 heterocycles. The third kappa shape index (κ3) is 1.77. The molecule has 0 unspecified atom stereocenters. The number of halogens is 3. The Labute approximate surface area is 88.7 Å². The standard InChI is InChI=1S/C8H6ClF2N3O/c9-6-5-3(7(10)11)1-4(15)14-8(5)13-2-12-6/h2-3,7H,1H2,(H,12,13,14,15)/t3-/m1/s1. The van der Waals surface area contributed by atoms with E-state index in [1.807, 2.05) is 0 Å². The molecule has 0 aliphatic carbocycles. The van der Waals surface area contributed by atoms with Gasteiger partial charge in [0.05, 0.1) is 5.92 Å². The average Bonchev–Trinajstić information content (AvgIpc) is 2.16. The predicted molar refractivity (Wildman–Crippen MR) is 49.0 cm³/mol. The molecule has 4 nitrogen and oxygen atoms in total. The van der Waals surface area contributed by atoms with E-state index in [1.165, 1.54) is 0 Å². The molecule has 7 heteroatoms. The van der Waals surface area contributed by atoms with Gasteiger partial charge in [0.1, 0.15) is 17.3 Å². The van der Waals surface area contributed by atoms with Crippen LogP contribution in [-0.4, -0.2) is 22.3 Å². The third-order valence-electron chi connectivity index (χ3n) is 2.17. The molecule has 0 radical (unpaired) electrons. The maximum Gasteiger partial charge on any atom is 0.246 e. The highest BCUT2D eigenvalue weighted by atomic mass is 35.5. The van der Waals surface area contributed by atoms with E-state index in [2.05, 4.69) is 15.3 Å². The van der Waals surface area contributed by atoms with Crippen molar-refractivity contribution in [2.75, 3.05) is 5.32 Å². The lowest BCUT2D eigenvalue weighted by atomic mass is 9.94. The van der Waals surface area contributed by atoms with Crippen LogP contribution in [0.15, 0.2) is 6.33 Å². The van der Waals surface area contributed by atoms with E-state index >= 15 is 0 Å². The zero-order valence-electron chi connectivity index (χ0n) is 7.38. The van der Waals surface area contributed by atoms with Gasteiger partial charge in [0, 0.05) is 12.0 Å². The Morgan fingerprint density at radius 3 is 2.93 bits per heavy atom. The first kappa shape index (κ1) is 10.2. The minimum atomic E-state index is -2.65. The second-order valence-corrected chi connectivity index (χ2v) is 3.48. The topological polar surface area (TPSA) is 54.9 Å². The Kier molecular flexibility index (Phi) is 2.52. The fourth-order valence-corrected chi connectivity index (χ4v) is 1.78. The first-order chi connectivity index (χ1) is 7.09. The van der Waals surface area contributed by atoms with Gasteiger partial charge in [-0.05, 0) is 0 Å². The molecule has 1 amide bonds.